The minimum atomic E-state index is -0.336. The molecule has 0 aliphatic heterocycles. The molecule has 1 amide bonds. The van der Waals surface area contributed by atoms with Gasteiger partial charge >= 0.3 is 0 Å². The maximum Gasteiger partial charge on any atom is 0.242 e. The van der Waals surface area contributed by atoms with E-state index in [4.69, 9.17) is 9.47 Å². The number of benzene rings is 2. The van der Waals surface area contributed by atoms with Crippen molar-refractivity contribution >= 4 is 11.6 Å². The molecule has 5 heteroatoms. The fourth-order valence-corrected chi connectivity index (χ4v) is 2.43. The Labute approximate surface area is 149 Å². The van der Waals surface area contributed by atoms with Crippen LogP contribution in [0.25, 0.3) is 0 Å². The van der Waals surface area contributed by atoms with Gasteiger partial charge in [-0.25, -0.2) is 0 Å². The summed E-state index contributed by atoms with van der Waals surface area (Å²) in [6, 6.07) is 15.4. The van der Waals surface area contributed by atoms with E-state index < -0.39 is 0 Å². The number of aryl methyl sites for hydroxylation is 1. The first-order valence-electron chi connectivity index (χ1n) is 8.40. The second kappa shape index (κ2) is 9.69. The third kappa shape index (κ3) is 6.47. The second-order valence-electron chi connectivity index (χ2n) is 5.96. The van der Waals surface area contributed by atoms with Crippen LogP contribution in [0.1, 0.15) is 18.1 Å². The van der Waals surface area contributed by atoms with E-state index in [2.05, 4.69) is 10.6 Å². The van der Waals surface area contributed by atoms with Gasteiger partial charge in [0, 0.05) is 12.8 Å². The summed E-state index contributed by atoms with van der Waals surface area (Å²) in [5.41, 5.74) is 3.11. The molecule has 2 aromatic rings. The number of hydrogen-bond donors (Lipinski definition) is 2. The van der Waals surface area contributed by atoms with Crippen LogP contribution in [0.2, 0.25) is 0 Å². The van der Waals surface area contributed by atoms with E-state index in [1.807, 2.05) is 62.4 Å². The number of carbonyl (C=O) groups excluding carboxylic acids is 1. The van der Waals surface area contributed by atoms with Crippen molar-refractivity contribution in [2.24, 2.45) is 0 Å². The Morgan fingerprint density at radius 3 is 2.72 bits per heavy atom. The first kappa shape index (κ1) is 18.8. The molecular formula is C20H26N2O3. The third-order valence-corrected chi connectivity index (χ3v) is 3.67. The van der Waals surface area contributed by atoms with E-state index in [-0.39, 0.29) is 11.9 Å². The van der Waals surface area contributed by atoms with Crippen molar-refractivity contribution in [3.05, 3.63) is 59.7 Å². The highest BCUT2D eigenvalue weighted by Gasteiger charge is 2.12. The van der Waals surface area contributed by atoms with Crippen LogP contribution in [0, 0.1) is 6.92 Å². The van der Waals surface area contributed by atoms with Gasteiger partial charge in [0.05, 0.1) is 13.2 Å². The first-order chi connectivity index (χ1) is 12.1. The van der Waals surface area contributed by atoms with Gasteiger partial charge < -0.3 is 20.1 Å². The van der Waals surface area contributed by atoms with E-state index in [9.17, 15) is 4.79 Å². The van der Waals surface area contributed by atoms with Gasteiger partial charge in [-0.05, 0) is 49.2 Å². The molecule has 5 nitrogen and oxygen atoms in total. The molecule has 0 bridgehead atoms. The van der Waals surface area contributed by atoms with Gasteiger partial charge in [0.1, 0.15) is 18.4 Å². The van der Waals surface area contributed by atoms with Crippen LogP contribution in [0.4, 0.5) is 5.69 Å². The monoisotopic (exact) mass is 342 g/mol. The fourth-order valence-electron chi connectivity index (χ4n) is 2.43. The molecule has 0 fully saturated rings. The smallest absolute Gasteiger partial charge is 0.242 e. The lowest BCUT2D eigenvalue weighted by molar-refractivity contribution is -0.121. The molecule has 0 aromatic heterocycles. The van der Waals surface area contributed by atoms with Gasteiger partial charge in [0.25, 0.3) is 0 Å². The minimum Gasteiger partial charge on any atom is -0.492 e. The lowest BCUT2D eigenvalue weighted by Gasteiger charge is -2.16. The number of amides is 1. The van der Waals surface area contributed by atoms with E-state index in [0.717, 1.165) is 22.6 Å². The molecule has 1 unspecified atom stereocenters. The van der Waals surface area contributed by atoms with Crippen LogP contribution in [0.3, 0.4) is 0 Å². The van der Waals surface area contributed by atoms with Gasteiger partial charge in [-0.1, -0.05) is 24.3 Å². The molecule has 2 aromatic carbocycles. The Morgan fingerprint density at radius 1 is 1.16 bits per heavy atom. The minimum absolute atomic E-state index is 0.0648. The average molecular weight is 342 g/mol. The van der Waals surface area contributed by atoms with Crippen molar-refractivity contribution in [3.63, 3.8) is 0 Å². The largest absolute Gasteiger partial charge is 0.492 e. The zero-order valence-corrected chi connectivity index (χ0v) is 15.0. The molecule has 0 aliphatic rings. The molecule has 0 aliphatic carbocycles. The first-order valence-corrected chi connectivity index (χ1v) is 8.40. The van der Waals surface area contributed by atoms with E-state index in [1.54, 1.807) is 7.11 Å². The summed E-state index contributed by atoms with van der Waals surface area (Å²) in [7, 11) is 1.66. The highest BCUT2D eigenvalue weighted by Crippen LogP contribution is 2.13. The summed E-state index contributed by atoms with van der Waals surface area (Å²) < 4.78 is 10.8. The second-order valence-corrected chi connectivity index (χ2v) is 5.96. The van der Waals surface area contributed by atoms with E-state index in [1.165, 1.54) is 0 Å². The molecule has 0 spiro atoms. The predicted molar refractivity (Wildman–Crippen MR) is 99.9 cm³/mol. The van der Waals surface area contributed by atoms with Crippen molar-refractivity contribution in [2.45, 2.75) is 26.5 Å². The van der Waals surface area contributed by atoms with Crippen molar-refractivity contribution in [1.82, 2.24) is 5.32 Å². The van der Waals surface area contributed by atoms with Crippen LogP contribution in [-0.4, -0.2) is 32.2 Å². The quantitative estimate of drug-likeness (QED) is 0.688. The number of nitrogens with one attached hydrogen (secondary N) is 2. The zero-order chi connectivity index (χ0) is 18.1. The average Bonchev–Trinajstić information content (AvgIpc) is 2.59. The predicted octanol–water partition coefficient (Wildman–Crippen LogP) is 3.14. The third-order valence-electron chi connectivity index (χ3n) is 3.67. The zero-order valence-electron chi connectivity index (χ0n) is 15.0. The molecule has 0 saturated carbocycles. The summed E-state index contributed by atoms with van der Waals surface area (Å²) in [4.78, 5) is 12.2. The Kier molecular flexibility index (Phi) is 7.29. The maximum atomic E-state index is 12.2. The lowest BCUT2D eigenvalue weighted by Crippen LogP contribution is -2.39. The highest BCUT2D eigenvalue weighted by atomic mass is 16.5. The number of rotatable bonds is 9. The van der Waals surface area contributed by atoms with Crippen molar-refractivity contribution in [1.29, 1.82) is 0 Å². The molecule has 134 valence electrons. The van der Waals surface area contributed by atoms with Crippen LogP contribution in [-0.2, 0) is 16.1 Å². The van der Waals surface area contributed by atoms with Crippen LogP contribution in [0.15, 0.2) is 48.5 Å². The number of methoxy groups -OCH3 is 1. The van der Waals surface area contributed by atoms with Gasteiger partial charge in [-0.15, -0.1) is 0 Å². The molecule has 0 saturated heterocycles. The van der Waals surface area contributed by atoms with Gasteiger partial charge in [0.2, 0.25) is 5.91 Å². The number of ether oxygens (including phenoxy) is 2. The lowest BCUT2D eigenvalue weighted by atomic mass is 10.2. The molecule has 2 N–H and O–H groups in total. The normalized spacial score (nSPS) is 11.6. The molecular weight excluding hydrogens is 316 g/mol. The van der Waals surface area contributed by atoms with Crippen LogP contribution < -0.4 is 15.4 Å². The van der Waals surface area contributed by atoms with E-state index in [0.29, 0.717) is 19.8 Å². The maximum absolute atomic E-state index is 12.2. The Balaban J connectivity index is 1.73. The number of hydrogen-bond acceptors (Lipinski definition) is 4. The summed E-state index contributed by atoms with van der Waals surface area (Å²) in [5, 5.41) is 6.07. The highest BCUT2D eigenvalue weighted by molar-refractivity contribution is 5.84. The van der Waals surface area contributed by atoms with Crippen LogP contribution in [0.5, 0.6) is 5.75 Å². The fraction of sp³-hybridized carbons (Fsp3) is 0.350. The van der Waals surface area contributed by atoms with Gasteiger partial charge in [-0.2, -0.15) is 0 Å². The van der Waals surface area contributed by atoms with E-state index >= 15 is 0 Å². The summed E-state index contributed by atoms with van der Waals surface area (Å²) in [6.07, 6.45) is 0. The Bertz CT molecular complexity index is 688. The van der Waals surface area contributed by atoms with Crippen LogP contribution >= 0.6 is 0 Å². The standard InChI is InChI=1S/C20H26N2O3/c1-15-6-4-9-19(12-15)25-11-10-21-20(23)16(2)22-18-8-5-7-17(13-18)14-24-3/h4-9,12-13,16,22H,10-11,14H2,1-3H3,(H,21,23). The SMILES string of the molecule is COCc1cccc(NC(C)C(=O)NCCOc2cccc(C)c2)c1. The Morgan fingerprint density at radius 2 is 1.96 bits per heavy atom. The molecule has 2 rings (SSSR count). The summed E-state index contributed by atoms with van der Waals surface area (Å²) in [5.74, 6) is 0.750. The molecule has 0 radical (unpaired) electrons. The number of anilines is 1. The summed E-state index contributed by atoms with van der Waals surface area (Å²) in [6.45, 7) is 5.30. The molecule has 25 heavy (non-hydrogen) atoms. The topological polar surface area (TPSA) is 59.6 Å². The molecule has 1 atom stereocenters. The van der Waals surface area contributed by atoms with Gasteiger partial charge in [-0.3, -0.25) is 4.79 Å². The van der Waals surface area contributed by atoms with Crippen molar-refractivity contribution in [2.75, 3.05) is 25.6 Å². The van der Waals surface area contributed by atoms with Crippen molar-refractivity contribution < 1.29 is 14.3 Å². The van der Waals surface area contributed by atoms with Crippen molar-refractivity contribution in [3.8, 4) is 5.75 Å². The molecule has 0 heterocycles. The number of carbonyl (C=O) groups is 1. The summed E-state index contributed by atoms with van der Waals surface area (Å²) >= 11 is 0. The Hall–Kier alpha value is -2.53. The van der Waals surface area contributed by atoms with Gasteiger partial charge in [0.15, 0.2) is 0 Å².